The number of rotatable bonds is 3. The molecule has 19 heavy (non-hydrogen) atoms. The van der Waals surface area contributed by atoms with Gasteiger partial charge in [0.05, 0.1) is 0 Å². The number of hydrogen-bond acceptors (Lipinski definition) is 2. The summed E-state index contributed by atoms with van der Waals surface area (Å²) in [4.78, 5) is 4.28. The molecule has 1 atom stereocenters. The predicted octanol–water partition coefficient (Wildman–Crippen LogP) is 4.60. The average Bonchev–Trinajstić information content (AvgIpc) is 2.47. The summed E-state index contributed by atoms with van der Waals surface area (Å²) in [6.07, 6.45) is 4.93. The fraction of sp³-hybridized carbons (Fsp3) is 0.235. The molecule has 96 valence electrons. The molecule has 2 nitrogen and oxygen atoms in total. The van der Waals surface area contributed by atoms with Gasteiger partial charge in [-0.15, -0.1) is 0 Å². The molecule has 2 heteroatoms. The standard InChI is InChI=1S/C17H18N2/c1-3-12(2)19-17-10-13-6-4-5-7-14(13)16-11-18-9-8-15(16)17/h4-12,19H,3H2,1-2H3. The van der Waals surface area contributed by atoms with Gasteiger partial charge < -0.3 is 5.32 Å². The molecular weight excluding hydrogens is 232 g/mol. The quantitative estimate of drug-likeness (QED) is 0.687. The summed E-state index contributed by atoms with van der Waals surface area (Å²) in [6, 6.07) is 13.3. The lowest BCUT2D eigenvalue weighted by atomic mass is 10.0. The third kappa shape index (κ3) is 2.14. The van der Waals surface area contributed by atoms with Crippen LogP contribution in [0.5, 0.6) is 0 Å². The Morgan fingerprint density at radius 1 is 1.11 bits per heavy atom. The molecule has 0 bridgehead atoms. The van der Waals surface area contributed by atoms with Crippen LogP contribution in [0.3, 0.4) is 0 Å². The fourth-order valence-electron chi connectivity index (χ4n) is 2.43. The van der Waals surface area contributed by atoms with Crippen molar-refractivity contribution in [1.29, 1.82) is 0 Å². The highest BCUT2D eigenvalue weighted by Gasteiger charge is 2.07. The van der Waals surface area contributed by atoms with Crippen LogP contribution in [-0.2, 0) is 0 Å². The highest BCUT2D eigenvalue weighted by molar-refractivity contribution is 6.12. The van der Waals surface area contributed by atoms with Crippen molar-refractivity contribution < 1.29 is 0 Å². The van der Waals surface area contributed by atoms with Gasteiger partial charge in [0.15, 0.2) is 0 Å². The van der Waals surface area contributed by atoms with Gasteiger partial charge in [0.1, 0.15) is 0 Å². The molecule has 0 aliphatic heterocycles. The Morgan fingerprint density at radius 3 is 2.79 bits per heavy atom. The molecule has 1 aromatic heterocycles. The number of nitrogens with one attached hydrogen (secondary N) is 1. The molecule has 3 rings (SSSR count). The molecular formula is C17H18N2. The number of aromatic nitrogens is 1. The van der Waals surface area contributed by atoms with E-state index in [1.807, 2.05) is 12.4 Å². The largest absolute Gasteiger partial charge is 0.382 e. The smallest absolute Gasteiger partial charge is 0.0429 e. The molecule has 1 heterocycles. The molecule has 0 aliphatic carbocycles. The van der Waals surface area contributed by atoms with Gasteiger partial charge >= 0.3 is 0 Å². The average molecular weight is 250 g/mol. The molecule has 0 spiro atoms. The molecule has 0 radical (unpaired) electrons. The van der Waals surface area contributed by atoms with Crippen LogP contribution in [0, 0.1) is 0 Å². The molecule has 3 aromatic rings. The molecule has 1 N–H and O–H groups in total. The first-order valence-electron chi connectivity index (χ1n) is 6.81. The third-order valence-corrected chi connectivity index (χ3v) is 3.68. The Hall–Kier alpha value is -2.09. The van der Waals surface area contributed by atoms with E-state index < -0.39 is 0 Å². The molecule has 0 saturated heterocycles. The maximum absolute atomic E-state index is 4.28. The Morgan fingerprint density at radius 2 is 1.95 bits per heavy atom. The summed E-state index contributed by atoms with van der Waals surface area (Å²) in [5.74, 6) is 0. The topological polar surface area (TPSA) is 24.9 Å². The third-order valence-electron chi connectivity index (χ3n) is 3.68. The van der Waals surface area contributed by atoms with Gasteiger partial charge in [-0.25, -0.2) is 0 Å². The Balaban J connectivity index is 2.29. The van der Waals surface area contributed by atoms with E-state index in [0.717, 1.165) is 6.42 Å². The predicted molar refractivity (Wildman–Crippen MR) is 82.6 cm³/mol. The van der Waals surface area contributed by atoms with Crippen LogP contribution < -0.4 is 5.32 Å². The summed E-state index contributed by atoms with van der Waals surface area (Å²) in [6.45, 7) is 4.41. The molecule has 0 aliphatic rings. The van der Waals surface area contributed by atoms with Crippen LogP contribution in [-0.4, -0.2) is 11.0 Å². The Labute approximate surface area is 113 Å². The summed E-state index contributed by atoms with van der Waals surface area (Å²) in [7, 11) is 0. The summed E-state index contributed by atoms with van der Waals surface area (Å²) in [5, 5.41) is 8.58. The van der Waals surface area contributed by atoms with E-state index in [4.69, 9.17) is 0 Å². The van der Waals surface area contributed by atoms with Crippen molar-refractivity contribution in [3.63, 3.8) is 0 Å². The number of hydrogen-bond donors (Lipinski definition) is 1. The summed E-state index contributed by atoms with van der Waals surface area (Å²) >= 11 is 0. The van der Waals surface area contributed by atoms with E-state index in [2.05, 4.69) is 60.5 Å². The zero-order chi connectivity index (χ0) is 13.2. The monoisotopic (exact) mass is 250 g/mol. The van der Waals surface area contributed by atoms with Crippen LogP contribution in [0.15, 0.2) is 48.8 Å². The minimum atomic E-state index is 0.470. The van der Waals surface area contributed by atoms with E-state index in [0.29, 0.717) is 6.04 Å². The highest BCUT2D eigenvalue weighted by atomic mass is 14.9. The van der Waals surface area contributed by atoms with E-state index >= 15 is 0 Å². The number of pyridine rings is 1. The fourth-order valence-corrected chi connectivity index (χ4v) is 2.43. The van der Waals surface area contributed by atoms with Gasteiger partial charge in [-0.05, 0) is 36.2 Å². The number of benzene rings is 2. The first-order chi connectivity index (χ1) is 9.29. The van der Waals surface area contributed by atoms with Gasteiger partial charge in [0.25, 0.3) is 0 Å². The summed E-state index contributed by atoms with van der Waals surface area (Å²) in [5.41, 5.74) is 1.20. The van der Waals surface area contributed by atoms with Gasteiger partial charge in [0, 0.05) is 34.9 Å². The van der Waals surface area contributed by atoms with Crippen molar-refractivity contribution in [2.75, 3.05) is 5.32 Å². The van der Waals surface area contributed by atoms with Crippen LogP contribution in [0.1, 0.15) is 20.3 Å². The number of anilines is 1. The van der Waals surface area contributed by atoms with Gasteiger partial charge in [-0.3, -0.25) is 4.98 Å². The maximum Gasteiger partial charge on any atom is 0.0429 e. The minimum absolute atomic E-state index is 0.470. The van der Waals surface area contributed by atoms with E-state index in [1.165, 1.54) is 27.2 Å². The molecule has 0 saturated carbocycles. The highest BCUT2D eigenvalue weighted by Crippen LogP contribution is 2.31. The second-order valence-corrected chi connectivity index (χ2v) is 5.02. The van der Waals surface area contributed by atoms with Gasteiger partial charge in [0.2, 0.25) is 0 Å². The van der Waals surface area contributed by atoms with Gasteiger partial charge in [-0.2, -0.15) is 0 Å². The van der Waals surface area contributed by atoms with Crippen molar-refractivity contribution in [3.8, 4) is 0 Å². The first kappa shape index (κ1) is 12.0. The summed E-state index contributed by atoms with van der Waals surface area (Å²) < 4.78 is 0. The molecule has 0 fully saturated rings. The molecule has 1 unspecified atom stereocenters. The van der Waals surface area contributed by atoms with Crippen LogP contribution in [0.4, 0.5) is 5.69 Å². The Bertz CT molecular complexity index is 719. The molecule has 0 amide bonds. The second kappa shape index (κ2) is 4.88. The van der Waals surface area contributed by atoms with E-state index in [-0.39, 0.29) is 0 Å². The van der Waals surface area contributed by atoms with Crippen molar-refractivity contribution in [2.45, 2.75) is 26.3 Å². The van der Waals surface area contributed by atoms with Gasteiger partial charge in [-0.1, -0.05) is 31.2 Å². The zero-order valence-corrected chi connectivity index (χ0v) is 11.4. The lowest BCUT2D eigenvalue weighted by molar-refractivity contribution is 0.765. The van der Waals surface area contributed by atoms with E-state index in [9.17, 15) is 0 Å². The van der Waals surface area contributed by atoms with Crippen LogP contribution in [0.25, 0.3) is 21.5 Å². The molecule has 2 aromatic carbocycles. The number of nitrogens with zero attached hydrogens (tertiary/aromatic N) is 1. The van der Waals surface area contributed by atoms with Crippen molar-refractivity contribution in [2.24, 2.45) is 0 Å². The normalized spacial score (nSPS) is 12.7. The second-order valence-electron chi connectivity index (χ2n) is 5.02. The van der Waals surface area contributed by atoms with Crippen molar-refractivity contribution >= 4 is 27.2 Å². The van der Waals surface area contributed by atoms with Crippen LogP contribution in [0.2, 0.25) is 0 Å². The maximum atomic E-state index is 4.28. The first-order valence-corrected chi connectivity index (χ1v) is 6.81. The van der Waals surface area contributed by atoms with Crippen LogP contribution >= 0.6 is 0 Å². The number of fused-ring (bicyclic) bond motifs is 3. The lowest BCUT2D eigenvalue weighted by Crippen LogP contribution is -2.13. The van der Waals surface area contributed by atoms with Crippen molar-refractivity contribution in [3.05, 3.63) is 48.8 Å². The SMILES string of the molecule is CCC(C)Nc1cc2ccccc2c2cnccc12. The van der Waals surface area contributed by atoms with E-state index in [1.54, 1.807) is 0 Å². The van der Waals surface area contributed by atoms with Crippen molar-refractivity contribution in [1.82, 2.24) is 4.98 Å². The minimum Gasteiger partial charge on any atom is -0.382 e. The lowest BCUT2D eigenvalue weighted by Gasteiger charge is -2.16. The zero-order valence-electron chi connectivity index (χ0n) is 11.4. The Kier molecular flexibility index (Phi) is 3.08.